The van der Waals surface area contributed by atoms with E-state index in [-0.39, 0.29) is 11.8 Å². The highest BCUT2D eigenvalue weighted by atomic mass is 16.2. The van der Waals surface area contributed by atoms with Crippen molar-refractivity contribution >= 4 is 11.8 Å². The lowest BCUT2D eigenvalue weighted by Gasteiger charge is -2.36. The van der Waals surface area contributed by atoms with E-state index in [9.17, 15) is 9.59 Å². The van der Waals surface area contributed by atoms with Crippen LogP contribution in [0, 0.1) is 11.8 Å². The number of piperidine rings is 1. The van der Waals surface area contributed by atoms with E-state index in [2.05, 4.69) is 16.1 Å². The van der Waals surface area contributed by atoms with Crippen molar-refractivity contribution in [2.24, 2.45) is 11.8 Å². The number of fused-ring (bicyclic) bond motifs is 1. The molecule has 1 unspecified atom stereocenters. The zero-order valence-electron chi connectivity index (χ0n) is 17.5. The van der Waals surface area contributed by atoms with E-state index in [1.807, 2.05) is 22.1 Å². The first-order chi connectivity index (χ1) is 14.2. The number of imidazole rings is 1. The highest BCUT2D eigenvalue weighted by Crippen LogP contribution is 2.33. The molecular weight excluding hydrogens is 364 g/mol. The lowest BCUT2D eigenvalue weighted by molar-refractivity contribution is -0.132. The molecule has 3 aliphatic heterocycles. The van der Waals surface area contributed by atoms with Crippen molar-refractivity contribution in [3.63, 3.8) is 0 Å². The molecule has 1 atom stereocenters. The van der Waals surface area contributed by atoms with Gasteiger partial charge in [0.1, 0.15) is 11.5 Å². The van der Waals surface area contributed by atoms with Gasteiger partial charge in [-0.2, -0.15) is 0 Å². The quantitative estimate of drug-likeness (QED) is 0.715. The molecule has 0 bridgehead atoms. The summed E-state index contributed by atoms with van der Waals surface area (Å²) < 4.78 is 2.14. The van der Waals surface area contributed by atoms with E-state index < -0.39 is 0 Å². The number of rotatable bonds is 5. The molecular formula is C23H34N4O2. The zero-order valence-corrected chi connectivity index (χ0v) is 17.5. The summed E-state index contributed by atoms with van der Waals surface area (Å²) in [5.74, 6) is 2.80. The van der Waals surface area contributed by atoms with Crippen LogP contribution in [0.4, 0.5) is 0 Å². The van der Waals surface area contributed by atoms with E-state index in [0.717, 1.165) is 83.5 Å². The Morgan fingerprint density at radius 1 is 1.00 bits per heavy atom. The van der Waals surface area contributed by atoms with Gasteiger partial charge in [-0.15, -0.1) is 6.58 Å². The smallest absolute Gasteiger partial charge is 0.274 e. The number of carbonyl (C=O) groups is 2. The molecule has 3 aliphatic rings. The van der Waals surface area contributed by atoms with Crippen molar-refractivity contribution in [2.45, 2.75) is 64.3 Å². The van der Waals surface area contributed by atoms with Crippen molar-refractivity contribution in [3.8, 4) is 0 Å². The van der Waals surface area contributed by atoms with Gasteiger partial charge in [0.2, 0.25) is 5.91 Å². The Hall–Kier alpha value is -2.11. The number of aryl methyl sites for hydroxylation is 2. The molecule has 2 saturated heterocycles. The number of amides is 2. The molecule has 0 radical (unpaired) electrons. The molecule has 0 saturated carbocycles. The number of carbonyl (C=O) groups excluding carboxylic acids is 2. The van der Waals surface area contributed by atoms with Crippen LogP contribution < -0.4 is 0 Å². The summed E-state index contributed by atoms with van der Waals surface area (Å²) in [5, 5.41) is 0. The van der Waals surface area contributed by atoms with Crippen LogP contribution in [-0.4, -0.2) is 57.3 Å². The van der Waals surface area contributed by atoms with Crippen molar-refractivity contribution in [3.05, 3.63) is 30.4 Å². The summed E-state index contributed by atoms with van der Waals surface area (Å²) in [6.45, 7) is 8.16. The number of aromatic nitrogens is 2. The molecule has 6 heteroatoms. The Kier molecular flexibility index (Phi) is 6.36. The highest BCUT2D eigenvalue weighted by Gasteiger charge is 2.31. The normalized spacial score (nSPS) is 23.0. The third-order valence-corrected chi connectivity index (χ3v) is 7.06. The first-order valence-electron chi connectivity index (χ1n) is 11.4. The molecule has 1 aromatic heterocycles. The molecule has 29 heavy (non-hydrogen) atoms. The summed E-state index contributed by atoms with van der Waals surface area (Å²) in [6, 6.07) is 0. The topological polar surface area (TPSA) is 58.4 Å². The van der Waals surface area contributed by atoms with Gasteiger partial charge in [-0.1, -0.05) is 6.08 Å². The number of hydrogen-bond acceptors (Lipinski definition) is 3. The fourth-order valence-electron chi connectivity index (χ4n) is 5.32. The van der Waals surface area contributed by atoms with Crippen molar-refractivity contribution in [2.75, 3.05) is 26.2 Å². The Balaban J connectivity index is 1.27. The van der Waals surface area contributed by atoms with Crippen LogP contribution in [0.5, 0.6) is 0 Å². The van der Waals surface area contributed by atoms with Crippen LogP contribution >= 0.6 is 0 Å². The van der Waals surface area contributed by atoms with Gasteiger partial charge in [0.05, 0.1) is 0 Å². The molecule has 0 aromatic carbocycles. The van der Waals surface area contributed by atoms with Gasteiger partial charge in [-0.25, -0.2) is 4.98 Å². The van der Waals surface area contributed by atoms with Crippen LogP contribution in [0.15, 0.2) is 18.9 Å². The Morgan fingerprint density at radius 3 is 2.45 bits per heavy atom. The fourth-order valence-corrected chi connectivity index (χ4v) is 5.32. The van der Waals surface area contributed by atoms with E-state index in [4.69, 9.17) is 0 Å². The monoisotopic (exact) mass is 398 g/mol. The van der Waals surface area contributed by atoms with E-state index in [1.54, 1.807) is 0 Å². The van der Waals surface area contributed by atoms with Crippen molar-refractivity contribution in [1.82, 2.24) is 19.4 Å². The molecule has 4 rings (SSSR count). The van der Waals surface area contributed by atoms with Gasteiger partial charge in [-0.05, 0) is 56.8 Å². The molecule has 4 heterocycles. The Bertz CT molecular complexity index is 727. The lowest BCUT2D eigenvalue weighted by atomic mass is 9.80. The van der Waals surface area contributed by atoms with Gasteiger partial charge in [0.15, 0.2) is 0 Å². The van der Waals surface area contributed by atoms with Gasteiger partial charge >= 0.3 is 0 Å². The van der Waals surface area contributed by atoms with Gasteiger partial charge < -0.3 is 14.4 Å². The van der Waals surface area contributed by atoms with Gasteiger partial charge in [0, 0.05) is 51.8 Å². The molecule has 0 aliphatic carbocycles. The Labute approximate surface area is 174 Å². The van der Waals surface area contributed by atoms with Crippen LogP contribution in [0.2, 0.25) is 0 Å². The van der Waals surface area contributed by atoms with Crippen molar-refractivity contribution in [1.29, 1.82) is 0 Å². The first-order valence-corrected chi connectivity index (χ1v) is 11.4. The van der Waals surface area contributed by atoms with E-state index >= 15 is 0 Å². The average molecular weight is 399 g/mol. The van der Waals surface area contributed by atoms with Gasteiger partial charge in [-0.3, -0.25) is 9.59 Å². The third kappa shape index (κ3) is 4.57. The third-order valence-electron chi connectivity index (χ3n) is 7.06. The van der Waals surface area contributed by atoms with E-state index in [0.29, 0.717) is 24.0 Å². The molecule has 0 spiro atoms. The molecule has 158 valence electrons. The minimum atomic E-state index is 0.107. The second-order valence-electron chi connectivity index (χ2n) is 8.87. The highest BCUT2D eigenvalue weighted by molar-refractivity contribution is 5.92. The predicted octanol–water partition coefficient (Wildman–Crippen LogP) is 3.28. The number of allylic oxidation sites excluding steroid dienone is 1. The number of nitrogens with zero attached hydrogens (tertiary/aromatic N) is 4. The molecule has 1 aromatic rings. The maximum atomic E-state index is 12.9. The SMILES string of the molecule is C=CCCC(=O)N1CCC(C2CCCN(C(=O)c3cn4c(n3)CCC4)CC2)CC1. The second-order valence-corrected chi connectivity index (χ2v) is 8.87. The predicted molar refractivity (Wildman–Crippen MR) is 113 cm³/mol. The maximum absolute atomic E-state index is 12.9. The zero-order chi connectivity index (χ0) is 20.2. The molecule has 2 amide bonds. The summed E-state index contributed by atoms with van der Waals surface area (Å²) in [6.07, 6.45) is 12.8. The molecule has 2 fully saturated rings. The number of likely N-dealkylation sites (tertiary alicyclic amines) is 2. The van der Waals surface area contributed by atoms with Gasteiger partial charge in [0.25, 0.3) is 5.91 Å². The van der Waals surface area contributed by atoms with E-state index in [1.165, 1.54) is 6.42 Å². The summed E-state index contributed by atoms with van der Waals surface area (Å²) in [7, 11) is 0. The first kappa shape index (κ1) is 20.2. The van der Waals surface area contributed by atoms with Crippen LogP contribution in [0.3, 0.4) is 0 Å². The van der Waals surface area contributed by atoms with Crippen molar-refractivity contribution < 1.29 is 9.59 Å². The van der Waals surface area contributed by atoms with Crippen LogP contribution in [-0.2, 0) is 17.8 Å². The lowest BCUT2D eigenvalue weighted by Crippen LogP contribution is -2.40. The fraction of sp³-hybridized carbons (Fsp3) is 0.696. The standard InChI is InChI=1S/C23H34N4O2/c1-2-3-8-22(28)25-14-9-19(10-15-25)18-6-4-12-26(16-11-18)23(29)20-17-27-13-5-7-21(27)24-20/h2,17-19H,1,3-16H2. The molecule has 0 N–H and O–H groups in total. The second kappa shape index (κ2) is 9.14. The average Bonchev–Trinajstić information content (AvgIpc) is 3.26. The van der Waals surface area contributed by atoms with Crippen LogP contribution in [0.1, 0.15) is 67.7 Å². The summed E-state index contributed by atoms with van der Waals surface area (Å²) in [5.41, 5.74) is 0.629. The summed E-state index contributed by atoms with van der Waals surface area (Å²) in [4.78, 5) is 33.8. The summed E-state index contributed by atoms with van der Waals surface area (Å²) >= 11 is 0. The maximum Gasteiger partial charge on any atom is 0.274 e. The minimum absolute atomic E-state index is 0.107. The largest absolute Gasteiger partial charge is 0.343 e. The number of hydrogen-bond donors (Lipinski definition) is 0. The Morgan fingerprint density at radius 2 is 1.72 bits per heavy atom. The minimum Gasteiger partial charge on any atom is -0.343 e. The molecule has 6 nitrogen and oxygen atoms in total. The van der Waals surface area contributed by atoms with Crippen LogP contribution in [0.25, 0.3) is 0 Å².